The van der Waals surface area contributed by atoms with Crippen LogP contribution in [0.25, 0.3) is 0 Å². The summed E-state index contributed by atoms with van der Waals surface area (Å²) in [5.41, 5.74) is 0. The van der Waals surface area contributed by atoms with Crippen LogP contribution in [0.4, 0.5) is 0 Å². The number of aliphatic carboxylic acids is 1. The fourth-order valence-corrected chi connectivity index (χ4v) is 0.960. The van der Waals surface area contributed by atoms with Crippen molar-refractivity contribution in [3.63, 3.8) is 0 Å². The van der Waals surface area contributed by atoms with Crippen LogP contribution < -0.4 is 0 Å². The molecule has 2 atom stereocenters. The second kappa shape index (κ2) is 1.99. The third-order valence-corrected chi connectivity index (χ3v) is 1.68. The van der Waals surface area contributed by atoms with Gasteiger partial charge in [0.1, 0.15) is 0 Å². The zero-order chi connectivity index (χ0) is 7.02. The van der Waals surface area contributed by atoms with Gasteiger partial charge in [-0.15, -0.1) is 0 Å². The lowest BCUT2D eigenvalue weighted by Crippen LogP contribution is -2.02. The number of carbonyl (C=O) groups is 2. The predicted molar refractivity (Wildman–Crippen MR) is 30.1 cm³/mol. The summed E-state index contributed by atoms with van der Waals surface area (Å²) in [6, 6.07) is 0. The van der Waals surface area contributed by atoms with Gasteiger partial charge in [0.15, 0.2) is 0 Å². The van der Waals surface area contributed by atoms with E-state index in [4.69, 9.17) is 16.7 Å². The molecule has 1 N–H and O–H groups in total. The van der Waals surface area contributed by atoms with Gasteiger partial charge in [-0.1, -0.05) is 0 Å². The molecule has 0 aromatic carbocycles. The maximum atomic E-state index is 10.2. The fourth-order valence-electron chi connectivity index (χ4n) is 0.719. The van der Waals surface area contributed by atoms with Crippen LogP contribution in [0.5, 0.6) is 0 Å². The molecule has 1 fully saturated rings. The molecule has 0 saturated heterocycles. The van der Waals surface area contributed by atoms with Crippen molar-refractivity contribution < 1.29 is 14.7 Å². The molecule has 0 spiro atoms. The van der Waals surface area contributed by atoms with Crippen molar-refractivity contribution >= 4 is 22.8 Å². The molecule has 2 unspecified atom stereocenters. The summed E-state index contributed by atoms with van der Waals surface area (Å²) >= 11 is 5.01. The second-order valence-electron chi connectivity index (χ2n) is 2.09. The smallest absolute Gasteiger partial charge is 0.307 e. The molecule has 0 heterocycles. The number of hydrogen-bond acceptors (Lipinski definition) is 2. The van der Waals surface area contributed by atoms with Gasteiger partial charge in [0.25, 0.3) is 0 Å². The first kappa shape index (κ1) is 6.55. The summed E-state index contributed by atoms with van der Waals surface area (Å²) in [4.78, 5) is 20.3. The molecular formula is C5H5ClO3. The van der Waals surface area contributed by atoms with Crippen molar-refractivity contribution in [3.8, 4) is 0 Å². The van der Waals surface area contributed by atoms with Gasteiger partial charge in [0.2, 0.25) is 5.24 Å². The molecule has 0 radical (unpaired) electrons. The largest absolute Gasteiger partial charge is 0.481 e. The van der Waals surface area contributed by atoms with Gasteiger partial charge in [0, 0.05) is 5.92 Å². The van der Waals surface area contributed by atoms with Gasteiger partial charge < -0.3 is 5.11 Å². The maximum Gasteiger partial charge on any atom is 0.307 e. The Labute approximate surface area is 56.6 Å². The van der Waals surface area contributed by atoms with Crippen LogP contribution in [-0.2, 0) is 9.59 Å². The van der Waals surface area contributed by atoms with Crippen molar-refractivity contribution in [1.82, 2.24) is 0 Å². The Morgan fingerprint density at radius 3 is 2.11 bits per heavy atom. The van der Waals surface area contributed by atoms with E-state index < -0.39 is 23.0 Å². The molecule has 1 aliphatic carbocycles. The van der Waals surface area contributed by atoms with Gasteiger partial charge in [-0.25, -0.2) is 0 Å². The van der Waals surface area contributed by atoms with Gasteiger partial charge in [-0.3, -0.25) is 9.59 Å². The maximum absolute atomic E-state index is 10.2. The first-order valence-electron chi connectivity index (χ1n) is 2.55. The minimum absolute atomic E-state index is 0.413. The number of carboxylic acids is 1. The molecule has 0 aromatic heterocycles. The summed E-state index contributed by atoms with van der Waals surface area (Å²) in [5, 5.41) is 7.74. The van der Waals surface area contributed by atoms with E-state index in [2.05, 4.69) is 0 Å². The normalized spacial score (nSPS) is 31.7. The Hall–Kier alpha value is -0.570. The van der Waals surface area contributed by atoms with Crippen molar-refractivity contribution in [3.05, 3.63) is 0 Å². The Kier molecular flexibility index (Phi) is 1.45. The van der Waals surface area contributed by atoms with E-state index in [1.807, 2.05) is 0 Å². The lowest BCUT2D eigenvalue weighted by molar-refractivity contribution is -0.139. The molecule has 3 nitrogen and oxygen atoms in total. The molecule has 0 bridgehead atoms. The number of rotatable bonds is 2. The van der Waals surface area contributed by atoms with Crippen LogP contribution in [0, 0.1) is 11.8 Å². The van der Waals surface area contributed by atoms with E-state index in [9.17, 15) is 9.59 Å². The quantitative estimate of drug-likeness (QED) is 0.580. The van der Waals surface area contributed by atoms with Crippen molar-refractivity contribution in [2.75, 3.05) is 0 Å². The Morgan fingerprint density at radius 2 is 2.00 bits per heavy atom. The van der Waals surface area contributed by atoms with Gasteiger partial charge in [0.05, 0.1) is 5.92 Å². The second-order valence-corrected chi connectivity index (χ2v) is 2.46. The summed E-state index contributed by atoms with van der Waals surface area (Å²) in [5.74, 6) is -1.84. The lowest BCUT2D eigenvalue weighted by Gasteiger charge is -1.83. The van der Waals surface area contributed by atoms with Gasteiger partial charge in [-0.05, 0) is 18.0 Å². The van der Waals surface area contributed by atoms with Crippen molar-refractivity contribution in [1.29, 1.82) is 0 Å². The van der Waals surface area contributed by atoms with Gasteiger partial charge in [-0.2, -0.15) is 0 Å². The topological polar surface area (TPSA) is 54.4 Å². The van der Waals surface area contributed by atoms with Crippen LogP contribution >= 0.6 is 11.6 Å². The zero-order valence-corrected chi connectivity index (χ0v) is 5.26. The molecule has 1 aliphatic rings. The minimum atomic E-state index is -0.922. The summed E-state index contributed by atoms with van der Waals surface area (Å²) in [7, 11) is 0. The third-order valence-electron chi connectivity index (χ3n) is 1.40. The van der Waals surface area contributed by atoms with Crippen LogP contribution in [0.2, 0.25) is 0 Å². The van der Waals surface area contributed by atoms with Crippen molar-refractivity contribution in [2.45, 2.75) is 6.42 Å². The van der Waals surface area contributed by atoms with Crippen LogP contribution in [0.1, 0.15) is 6.42 Å². The SMILES string of the molecule is O=C(O)C1CC1C(=O)Cl. The molecule has 4 heteroatoms. The summed E-state index contributed by atoms with van der Waals surface area (Å²) in [6.45, 7) is 0. The van der Waals surface area contributed by atoms with Crippen LogP contribution in [0.3, 0.4) is 0 Å². The third kappa shape index (κ3) is 1.21. The Morgan fingerprint density at radius 1 is 1.44 bits per heavy atom. The standard InChI is InChI=1S/C5H5ClO3/c6-4(7)2-1-3(2)5(8)9/h2-3H,1H2,(H,8,9). The lowest BCUT2D eigenvalue weighted by atomic mass is 10.3. The molecule has 1 rings (SSSR count). The highest BCUT2D eigenvalue weighted by molar-refractivity contribution is 6.64. The molecule has 0 aliphatic heterocycles. The average molecular weight is 149 g/mol. The van der Waals surface area contributed by atoms with E-state index in [0.717, 1.165) is 0 Å². The number of carboxylic acid groups (broad SMARTS) is 1. The van der Waals surface area contributed by atoms with Gasteiger partial charge >= 0.3 is 5.97 Å². The zero-order valence-electron chi connectivity index (χ0n) is 4.50. The number of halogens is 1. The number of hydrogen-bond donors (Lipinski definition) is 1. The van der Waals surface area contributed by atoms with E-state index in [1.54, 1.807) is 0 Å². The minimum Gasteiger partial charge on any atom is -0.481 e. The molecule has 0 aromatic rings. The van der Waals surface area contributed by atoms with E-state index in [0.29, 0.717) is 6.42 Å². The summed E-state index contributed by atoms with van der Waals surface area (Å²) < 4.78 is 0. The molecule has 1 saturated carbocycles. The Bertz CT molecular complexity index is 148. The monoisotopic (exact) mass is 148 g/mol. The molecule has 50 valence electrons. The van der Waals surface area contributed by atoms with Crippen LogP contribution in [-0.4, -0.2) is 16.3 Å². The van der Waals surface area contributed by atoms with E-state index in [-0.39, 0.29) is 0 Å². The highest BCUT2D eigenvalue weighted by atomic mass is 35.5. The van der Waals surface area contributed by atoms with E-state index >= 15 is 0 Å². The molecular weight excluding hydrogens is 144 g/mol. The molecule has 0 amide bonds. The Balaban J connectivity index is 2.42. The highest BCUT2D eigenvalue weighted by Crippen LogP contribution is 2.40. The fraction of sp³-hybridized carbons (Fsp3) is 0.600. The van der Waals surface area contributed by atoms with Crippen molar-refractivity contribution in [2.24, 2.45) is 11.8 Å². The number of carbonyl (C=O) groups excluding carboxylic acids is 1. The van der Waals surface area contributed by atoms with Crippen LogP contribution in [0.15, 0.2) is 0 Å². The molecule has 9 heavy (non-hydrogen) atoms. The first-order valence-corrected chi connectivity index (χ1v) is 2.93. The average Bonchev–Trinajstić information content (AvgIpc) is 2.39. The highest BCUT2D eigenvalue weighted by Gasteiger charge is 2.47. The van der Waals surface area contributed by atoms with E-state index in [1.165, 1.54) is 0 Å². The predicted octanol–water partition coefficient (Wildman–Crippen LogP) is 0.473. The summed E-state index contributed by atoms with van der Waals surface area (Å²) in [6.07, 6.45) is 0.414. The first-order chi connectivity index (χ1) is 4.13.